The number of rotatable bonds is 5. The highest BCUT2D eigenvalue weighted by Crippen LogP contribution is 2.26. The number of nitrogens with zero attached hydrogens (tertiary/aromatic N) is 4. The average Bonchev–Trinajstić information content (AvgIpc) is 3.16. The van der Waals surface area contributed by atoms with E-state index < -0.39 is 11.4 Å². The molecule has 0 fully saturated rings. The van der Waals surface area contributed by atoms with Crippen LogP contribution < -0.4 is 4.72 Å². The lowest BCUT2D eigenvalue weighted by Gasteiger charge is -2.26. The molecule has 6 nitrogen and oxygen atoms in total. The van der Waals surface area contributed by atoms with E-state index in [-0.39, 0.29) is 10.8 Å². The summed E-state index contributed by atoms with van der Waals surface area (Å²) in [7, 11) is 0. The molecule has 0 saturated carbocycles. The molecule has 4 rings (SSSR count). The fourth-order valence-electron chi connectivity index (χ4n) is 3.26. The zero-order valence-corrected chi connectivity index (χ0v) is 19.3. The zero-order chi connectivity index (χ0) is 22.2. The second kappa shape index (κ2) is 8.42. The van der Waals surface area contributed by atoms with Crippen LogP contribution in [0.5, 0.6) is 0 Å². The Kier molecular flexibility index (Phi) is 5.83. The Bertz CT molecular complexity index is 1210. The summed E-state index contributed by atoms with van der Waals surface area (Å²) in [5.41, 5.74) is 4.63. The maximum atomic E-state index is 12.5. The van der Waals surface area contributed by atoms with Crippen LogP contribution in [0, 0.1) is 6.92 Å². The molecule has 1 N–H and O–H groups in total. The number of hydrogen-bond donors (Lipinski definition) is 1. The molecule has 0 aliphatic carbocycles. The Morgan fingerprint density at radius 3 is 2.55 bits per heavy atom. The predicted octanol–water partition coefficient (Wildman–Crippen LogP) is 4.90. The molecule has 3 aromatic heterocycles. The van der Waals surface area contributed by atoms with Gasteiger partial charge in [0.25, 0.3) is 0 Å². The molecular formula is C24H27N5OS. The minimum Gasteiger partial charge on any atom is -0.598 e. The van der Waals surface area contributed by atoms with E-state index in [1.165, 1.54) is 0 Å². The Balaban J connectivity index is 1.68. The van der Waals surface area contributed by atoms with Crippen LogP contribution in [0.4, 0.5) is 0 Å². The van der Waals surface area contributed by atoms with Crippen LogP contribution in [-0.2, 0) is 11.4 Å². The molecule has 3 heterocycles. The van der Waals surface area contributed by atoms with Gasteiger partial charge in [0.1, 0.15) is 4.75 Å². The molecule has 0 saturated heterocycles. The molecule has 160 valence electrons. The molecule has 0 amide bonds. The fourth-order valence-corrected chi connectivity index (χ4v) is 4.05. The minimum atomic E-state index is -1.17. The highest BCUT2D eigenvalue weighted by molar-refractivity contribution is 7.90. The Morgan fingerprint density at radius 1 is 1.03 bits per heavy atom. The van der Waals surface area contributed by atoms with Gasteiger partial charge in [0.2, 0.25) is 0 Å². The molecule has 31 heavy (non-hydrogen) atoms. The Hall–Kier alpha value is -2.74. The van der Waals surface area contributed by atoms with Gasteiger partial charge in [0.15, 0.2) is 5.82 Å². The van der Waals surface area contributed by atoms with Crippen molar-refractivity contribution in [2.24, 2.45) is 0 Å². The van der Waals surface area contributed by atoms with Gasteiger partial charge in [-0.05, 0) is 65.0 Å². The van der Waals surface area contributed by atoms with E-state index in [4.69, 9.17) is 4.98 Å². The second-order valence-corrected chi connectivity index (χ2v) is 10.6. The predicted molar refractivity (Wildman–Crippen MR) is 126 cm³/mol. The van der Waals surface area contributed by atoms with Crippen molar-refractivity contribution in [1.29, 1.82) is 0 Å². The first-order valence-electron chi connectivity index (χ1n) is 10.3. The van der Waals surface area contributed by atoms with Gasteiger partial charge in [-0.25, -0.2) is 9.67 Å². The van der Waals surface area contributed by atoms with Gasteiger partial charge < -0.3 is 4.55 Å². The van der Waals surface area contributed by atoms with Crippen molar-refractivity contribution >= 4 is 22.3 Å². The molecule has 7 heteroatoms. The standard InChI is InChI=1S/C24H27N5OS/c1-16-8-6-11-23(26-16)29-22-14-18(12-13-19(22)15-25-29)21-10-7-9-20(27-21)17(2)28-31(30)24(3,4)5/h6-15,17,28H,1-5H3/t17-,31?/m0/s1. The van der Waals surface area contributed by atoms with Gasteiger partial charge in [-0.3, -0.25) is 4.98 Å². The highest BCUT2D eigenvalue weighted by Gasteiger charge is 2.28. The van der Waals surface area contributed by atoms with Crippen molar-refractivity contribution in [3.63, 3.8) is 0 Å². The van der Waals surface area contributed by atoms with Crippen LogP contribution in [0.3, 0.4) is 0 Å². The third-order valence-electron chi connectivity index (χ3n) is 5.01. The van der Waals surface area contributed by atoms with Crippen molar-refractivity contribution in [1.82, 2.24) is 24.5 Å². The number of pyridine rings is 2. The molecule has 0 bridgehead atoms. The number of benzene rings is 1. The van der Waals surface area contributed by atoms with E-state index in [2.05, 4.69) is 33.0 Å². The molecule has 0 aliphatic heterocycles. The maximum Gasteiger partial charge on any atom is 0.154 e. The largest absolute Gasteiger partial charge is 0.598 e. The van der Waals surface area contributed by atoms with E-state index in [0.29, 0.717) is 0 Å². The van der Waals surface area contributed by atoms with Crippen LogP contribution in [0.1, 0.15) is 45.1 Å². The quantitative estimate of drug-likeness (QED) is 0.453. The molecule has 0 aliphatic rings. The van der Waals surface area contributed by atoms with Crippen LogP contribution >= 0.6 is 0 Å². The van der Waals surface area contributed by atoms with Crippen molar-refractivity contribution in [3.8, 4) is 17.1 Å². The summed E-state index contributed by atoms with van der Waals surface area (Å²) in [5, 5.41) is 5.57. The van der Waals surface area contributed by atoms with E-state index >= 15 is 0 Å². The van der Waals surface area contributed by atoms with Crippen LogP contribution in [0.2, 0.25) is 0 Å². The minimum absolute atomic E-state index is 0.134. The number of nitrogens with one attached hydrogen (secondary N) is 1. The molecule has 1 unspecified atom stereocenters. The zero-order valence-electron chi connectivity index (χ0n) is 18.5. The van der Waals surface area contributed by atoms with E-state index in [1.54, 1.807) is 0 Å². The van der Waals surface area contributed by atoms with Gasteiger partial charge in [-0.15, -0.1) is 4.72 Å². The summed E-state index contributed by atoms with van der Waals surface area (Å²) in [6, 6.07) is 17.9. The van der Waals surface area contributed by atoms with Crippen molar-refractivity contribution in [2.45, 2.75) is 45.4 Å². The fraction of sp³-hybridized carbons (Fsp3) is 0.292. The van der Waals surface area contributed by atoms with Crippen molar-refractivity contribution in [2.75, 3.05) is 0 Å². The number of fused-ring (bicyclic) bond motifs is 1. The molecule has 1 aromatic carbocycles. The first-order chi connectivity index (χ1) is 14.7. The monoisotopic (exact) mass is 433 g/mol. The summed E-state index contributed by atoms with van der Waals surface area (Å²) < 4.78 is 17.2. The molecule has 4 aromatic rings. The molecular weight excluding hydrogens is 406 g/mol. The van der Waals surface area contributed by atoms with Gasteiger partial charge in [-0.2, -0.15) is 5.10 Å². The van der Waals surface area contributed by atoms with Gasteiger partial charge in [0.05, 0.1) is 29.1 Å². The highest BCUT2D eigenvalue weighted by atomic mass is 32.2. The lowest BCUT2D eigenvalue weighted by molar-refractivity contribution is 0.529. The molecule has 0 spiro atoms. The van der Waals surface area contributed by atoms with Crippen LogP contribution in [0.15, 0.2) is 60.8 Å². The van der Waals surface area contributed by atoms with E-state index in [1.807, 2.05) is 81.9 Å². The Labute approximate surface area is 186 Å². The number of aromatic nitrogens is 4. The number of hydrogen-bond acceptors (Lipinski definition) is 5. The lowest BCUT2D eigenvalue weighted by Crippen LogP contribution is -2.40. The second-order valence-electron chi connectivity index (χ2n) is 8.64. The summed E-state index contributed by atoms with van der Waals surface area (Å²) >= 11 is -1.17. The third-order valence-corrected chi connectivity index (χ3v) is 6.69. The van der Waals surface area contributed by atoms with Gasteiger partial charge in [0, 0.05) is 28.0 Å². The van der Waals surface area contributed by atoms with E-state index in [0.717, 1.165) is 39.4 Å². The number of aryl methyl sites for hydroxylation is 1. The van der Waals surface area contributed by atoms with Crippen molar-refractivity contribution in [3.05, 3.63) is 72.2 Å². The maximum absolute atomic E-state index is 12.5. The SMILES string of the molecule is Cc1cccc(-n2ncc3ccc(-c4cccc([C@H](C)N[S+]([O-])C(C)(C)C)n4)cc32)n1. The topological polar surface area (TPSA) is 78.7 Å². The first kappa shape index (κ1) is 21.5. The summed E-state index contributed by atoms with van der Waals surface area (Å²) in [5.74, 6) is 0.788. The molecule has 2 atom stereocenters. The Morgan fingerprint density at radius 2 is 1.81 bits per heavy atom. The van der Waals surface area contributed by atoms with Crippen LogP contribution in [-0.4, -0.2) is 29.0 Å². The summed E-state index contributed by atoms with van der Waals surface area (Å²) in [4.78, 5) is 9.44. The smallest absolute Gasteiger partial charge is 0.154 e. The van der Waals surface area contributed by atoms with Crippen LogP contribution in [0.25, 0.3) is 28.0 Å². The molecule has 0 radical (unpaired) electrons. The normalized spacial score (nSPS) is 14.0. The summed E-state index contributed by atoms with van der Waals surface area (Å²) in [6.45, 7) is 9.81. The van der Waals surface area contributed by atoms with Gasteiger partial charge >= 0.3 is 0 Å². The average molecular weight is 434 g/mol. The van der Waals surface area contributed by atoms with Crippen molar-refractivity contribution < 1.29 is 4.55 Å². The first-order valence-corrected chi connectivity index (χ1v) is 11.4. The summed E-state index contributed by atoms with van der Waals surface area (Å²) in [6.07, 6.45) is 1.85. The van der Waals surface area contributed by atoms with E-state index in [9.17, 15) is 4.55 Å². The van der Waals surface area contributed by atoms with Gasteiger partial charge in [-0.1, -0.05) is 24.3 Å². The lowest BCUT2D eigenvalue weighted by atomic mass is 10.1. The third kappa shape index (κ3) is 4.63.